The molecule has 27 heavy (non-hydrogen) atoms. The number of para-hydroxylation sites is 2. The summed E-state index contributed by atoms with van der Waals surface area (Å²) in [4.78, 5) is 34.2. The number of hydrogen-bond donors (Lipinski definition) is 1. The van der Waals surface area contributed by atoms with E-state index in [1.165, 1.54) is 49.4 Å². The van der Waals surface area contributed by atoms with Gasteiger partial charge in [-0.3, -0.25) is 14.9 Å². The Hall–Kier alpha value is -2.84. The van der Waals surface area contributed by atoms with Crippen LogP contribution in [0.4, 0.5) is 11.4 Å². The molecule has 1 atom stereocenters. The van der Waals surface area contributed by atoms with Crippen LogP contribution in [0.3, 0.4) is 0 Å². The van der Waals surface area contributed by atoms with E-state index < -0.39 is 29.5 Å². The van der Waals surface area contributed by atoms with E-state index in [0.717, 1.165) is 0 Å². The van der Waals surface area contributed by atoms with E-state index >= 15 is 0 Å². The van der Waals surface area contributed by atoms with Gasteiger partial charge in [-0.25, -0.2) is 4.79 Å². The zero-order valence-corrected chi connectivity index (χ0v) is 15.5. The standard InChI is InChI=1S/C17H14Cl2N2O6/c1-10(17(23)20-13-7-11(18)6-12(19)8-13)27-16(22)9-26-15-5-3-2-4-14(15)21(24)25/h2-8,10H,9H2,1H3,(H,20,23)/t10-/m1/s1. The van der Waals surface area contributed by atoms with Crippen LogP contribution in [0.1, 0.15) is 6.92 Å². The summed E-state index contributed by atoms with van der Waals surface area (Å²) in [6, 6.07) is 10.1. The molecule has 10 heteroatoms. The maximum atomic E-state index is 12.1. The van der Waals surface area contributed by atoms with Crippen LogP contribution in [-0.4, -0.2) is 29.5 Å². The van der Waals surface area contributed by atoms with Gasteiger partial charge in [0.05, 0.1) is 4.92 Å². The van der Waals surface area contributed by atoms with Gasteiger partial charge in [-0.15, -0.1) is 0 Å². The number of nitrogens with one attached hydrogen (secondary N) is 1. The van der Waals surface area contributed by atoms with Crippen LogP contribution in [0.25, 0.3) is 0 Å². The number of ether oxygens (including phenoxy) is 2. The van der Waals surface area contributed by atoms with Gasteiger partial charge in [0.2, 0.25) is 0 Å². The van der Waals surface area contributed by atoms with E-state index in [4.69, 9.17) is 32.7 Å². The molecule has 0 aliphatic carbocycles. The predicted molar refractivity (Wildman–Crippen MR) is 99.2 cm³/mol. The molecule has 1 amide bonds. The van der Waals surface area contributed by atoms with Gasteiger partial charge in [0.1, 0.15) is 0 Å². The van der Waals surface area contributed by atoms with E-state index in [0.29, 0.717) is 15.7 Å². The Morgan fingerprint density at radius 3 is 2.44 bits per heavy atom. The highest BCUT2D eigenvalue weighted by Gasteiger charge is 2.20. The van der Waals surface area contributed by atoms with Gasteiger partial charge >= 0.3 is 11.7 Å². The number of rotatable bonds is 7. The first-order chi connectivity index (χ1) is 12.8. The molecule has 142 valence electrons. The molecule has 0 bridgehead atoms. The Balaban J connectivity index is 1.89. The number of halogens is 2. The van der Waals surface area contributed by atoms with Gasteiger partial charge < -0.3 is 14.8 Å². The molecule has 0 heterocycles. The average Bonchev–Trinajstić information content (AvgIpc) is 2.59. The van der Waals surface area contributed by atoms with Crippen LogP contribution in [0.5, 0.6) is 5.75 Å². The van der Waals surface area contributed by atoms with Crippen molar-refractivity contribution in [3.8, 4) is 5.75 Å². The lowest BCUT2D eigenvalue weighted by molar-refractivity contribution is -0.385. The number of carbonyl (C=O) groups is 2. The number of anilines is 1. The smallest absolute Gasteiger partial charge is 0.344 e. The zero-order chi connectivity index (χ0) is 20.0. The van der Waals surface area contributed by atoms with E-state index in [9.17, 15) is 19.7 Å². The molecule has 0 saturated carbocycles. The van der Waals surface area contributed by atoms with Crippen molar-refractivity contribution in [2.75, 3.05) is 11.9 Å². The highest BCUT2D eigenvalue weighted by atomic mass is 35.5. The minimum absolute atomic E-state index is 0.0786. The van der Waals surface area contributed by atoms with Crippen molar-refractivity contribution >= 4 is 46.5 Å². The van der Waals surface area contributed by atoms with Gasteiger partial charge in [0.15, 0.2) is 18.5 Å². The van der Waals surface area contributed by atoms with Gasteiger partial charge in [-0.05, 0) is 31.2 Å². The van der Waals surface area contributed by atoms with Crippen LogP contribution < -0.4 is 10.1 Å². The number of nitro benzene ring substituents is 1. The summed E-state index contributed by atoms with van der Waals surface area (Å²) in [6.45, 7) is 0.774. The molecule has 0 spiro atoms. The molecular weight excluding hydrogens is 399 g/mol. The van der Waals surface area contributed by atoms with Crippen LogP contribution in [0.2, 0.25) is 10.0 Å². The summed E-state index contributed by atoms with van der Waals surface area (Å²) in [5.74, 6) is -1.54. The van der Waals surface area contributed by atoms with Crippen LogP contribution in [0.15, 0.2) is 42.5 Å². The molecule has 0 saturated heterocycles. The fraction of sp³-hybridized carbons (Fsp3) is 0.176. The maximum absolute atomic E-state index is 12.1. The van der Waals surface area contributed by atoms with Gasteiger partial charge in [0, 0.05) is 21.8 Å². The number of hydrogen-bond acceptors (Lipinski definition) is 6. The monoisotopic (exact) mass is 412 g/mol. The Labute approximate surface area is 164 Å². The van der Waals surface area contributed by atoms with Crippen molar-refractivity contribution in [3.63, 3.8) is 0 Å². The Bertz CT molecular complexity index is 854. The Morgan fingerprint density at radius 2 is 1.81 bits per heavy atom. The third-order valence-electron chi connectivity index (χ3n) is 3.22. The third kappa shape index (κ3) is 6.12. The summed E-state index contributed by atoms with van der Waals surface area (Å²) in [7, 11) is 0. The quantitative estimate of drug-likeness (QED) is 0.420. The molecule has 0 radical (unpaired) electrons. The third-order valence-corrected chi connectivity index (χ3v) is 3.65. The van der Waals surface area contributed by atoms with E-state index in [2.05, 4.69) is 5.32 Å². The SMILES string of the molecule is C[C@@H](OC(=O)COc1ccccc1[N+](=O)[O-])C(=O)Nc1cc(Cl)cc(Cl)c1. The zero-order valence-electron chi connectivity index (χ0n) is 14.0. The largest absolute Gasteiger partial charge is 0.475 e. The number of nitro groups is 1. The minimum Gasteiger partial charge on any atom is -0.475 e. The fourth-order valence-electron chi connectivity index (χ4n) is 2.02. The second-order valence-corrected chi connectivity index (χ2v) is 6.17. The molecule has 0 aliphatic heterocycles. The molecule has 2 aromatic rings. The van der Waals surface area contributed by atoms with Crippen LogP contribution >= 0.6 is 23.2 Å². The molecule has 8 nitrogen and oxygen atoms in total. The summed E-state index contributed by atoms with van der Waals surface area (Å²) in [5, 5.41) is 14.1. The van der Waals surface area contributed by atoms with Gasteiger partial charge in [-0.1, -0.05) is 35.3 Å². The summed E-state index contributed by atoms with van der Waals surface area (Å²) < 4.78 is 10.1. The van der Waals surface area contributed by atoms with Crippen molar-refractivity contribution in [3.05, 3.63) is 62.6 Å². The summed E-state index contributed by atoms with van der Waals surface area (Å²) in [5.41, 5.74) is 0.0606. The van der Waals surface area contributed by atoms with Crippen LogP contribution in [-0.2, 0) is 14.3 Å². The van der Waals surface area contributed by atoms with E-state index in [1.807, 2.05) is 0 Å². The predicted octanol–water partition coefficient (Wildman–Crippen LogP) is 3.85. The lowest BCUT2D eigenvalue weighted by Crippen LogP contribution is -2.31. The minimum atomic E-state index is -1.13. The van der Waals surface area contributed by atoms with Crippen molar-refractivity contribution in [2.45, 2.75) is 13.0 Å². The molecule has 0 fully saturated rings. The van der Waals surface area contributed by atoms with E-state index in [-0.39, 0.29) is 11.4 Å². The number of carbonyl (C=O) groups excluding carboxylic acids is 2. The number of amides is 1. The molecule has 0 aliphatic rings. The lowest BCUT2D eigenvalue weighted by Gasteiger charge is -2.14. The first kappa shape index (κ1) is 20.5. The molecule has 1 N–H and O–H groups in total. The molecular formula is C17H14Cl2N2O6. The number of benzene rings is 2. The maximum Gasteiger partial charge on any atom is 0.344 e. The van der Waals surface area contributed by atoms with E-state index in [1.54, 1.807) is 0 Å². The molecule has 0 unspecified atom stereocenters. The molecule has 2 rings (SSSR count). The Morgan fingerprint density at radius 1 is 1.19 bits per heavy atom. The highest BCUT2D eigenvalue weighted by Crippen LogP contribution is 2.26. The van der Waals surface area contributed by atoms with Crippen molar-refractivity contribution < 1.29 is 24.0 Å². The first-order valence-electron chi connectivity index (χ1n) is 7.59. The van der Waals surface area contributed by atoms with Gasteiger partial charge in [-0.2, -0.15) is 0 Å². The number of nitrogens with zero attached hydrogens (tertiary/aromatic N) is 1. The molecule has 2 aromatic carbocycles. The second kappa shape index (κ2) is 9.20. The van der Waals surface area contributed by atoms with Crippen molar-refractivity contribution in [1.82, 2.24) is 0 Å². The topological polar surface area (TPSA) is 108 Å². The summed E-state index contributed by atoms with van der Waals surface area (Å²) in [6.07, 6.45) is -1.13. The van der Waals surface area contributed by atoms with Crippen molar-refractivity contribution in [2.24, 2.45) is 0 Å². The number of esters is 1. The first-order valence-corrected chi connectivity index (χ1v) is 8.34. The van der Waals surface area contributed by atoms with Crippen molar-refractivity contribution in [1.29, 1.82) is 0 Å². The van der Waals surface area contributed by atoms with Gasteiger partial charge in [0.25, 0.3) is 5.91 Å². The average molecular weight is 413 g/mol. The van der Waals surface area contributed by atoms with Crippen LogP contribution in [0, 0.1) is 10.1 Å². The fourth-order valence-corrected chi connectivity index (χ4v) is 2.55. The second-order valence-electron chi connectivity index (χ2n) is 5.29. The Kier molecular flexibility index (Phi) is 6.98. The summed E-state index contributed by atoms with van der Waals surface area (Å²) >= 11 is 11.7. The lowest BCUT2D eigenvalue weighted by atomic mass is 10.3. The molecule has 0 aromatic heterocycles. The highest BCUT2D eigenvalue weighted by molar-refractivity contribution is 6.35. The normalized spacial score (nSPS) is 11.4.